The number of rotatable bonds is 6. The van der Waals surface area contributed by atoms with Crippen molar-refractivity contribution in [3.63, 3.8) is 0 Å². The third-order valence-electron chi connectivity index (χ3n) is 4.24. The van der Waals surface area contributed by atoms with Crippen molar-refractivity contribution < 1.29 is 28.8 Å². The maximum atomic E-state index is 12.2. The molecule has 2 N–H and O–H groups in total. The molecule has 0 saturated carbocycles. The Bertz CT molecular complexity index is 614. The van der Waals surface area contributed by atoms with Gasteiger partial charge in [0.1, 0.15) is 5.92 Å². The van der Waals surface area contributed by atoms with Gasteiger partial charge in [0.15, 0.2) is 6.54 Å². The SMILES string of the molecule is CCOC(=O)[C@H]1CCC[NH+](CC(=O)Nc2ccc(C(=O)OC)cc2)C1. The first-order chi connectivity index (χ1) is 12.0. The van der Waals surface area contributed by atoms with Crippen molar-refractivity contribution in [3.8, 4) is 0 Å². The van der Waals surface area contributed by atoms with Gasteiger partial charge in [0, 0.05) is 5.69 Å². The minimum absolute atomic E-state index is 0.120. The van der Waals surface area contributed by atoms with E-state index in [2.05, 4.69) is 10.1 Å². The van der Waals surface area contributed by atoms with Gasteiger partial charge in [-0.3, -0.25) is 9.59 Å². The first kappa shape index (κ1) is 18.9. The molecule has 1 saturated heterocycles. The van der Waals surface area contributed by atoms with E-state index in [1.165, 1.54) is 7.11 Å². The minimum atomic E-state index is -0.416. The van der Waals surface area contributed by atoms with Gasteiger partial charge in [0.2, 0.25) is 0 Å². The van der Waals surface area contributed by atoms with Crippen LogP contribution in [-0.2, 0) is 19.1 Å². The highest BCUT2D eigenvalue weighted by Gasteiger charge is 2.30. The van der Waals surface area contributed by atoms with E-state index in [0.29, 0.717) is 30.9 Å². The van der Waals surface area contributed by atoms with Crippen LogP contribution in [0, 0.1) is 5.92 Å². The number of ether oxygens (including phenoxy) is 2. The third kappa shape index (κ3) is 5.56. The number of anilines is 1. The van der Waals surface area contributed by atoms with E-state index in [9.17, 15) is 14.4 Å². The Morgan fingerprint density at radius 1 is 1.24 bits per heavy atom. The predicted molar refractivity (Wildman–Crippen MR) is 91.3 cm³/mol. The lowest BCUT2D eigenvalue weighted by Gasteiger charge is -2.28. The first-order valence-electron chi connectivity index (χ1n) is 8.52. The zero-order valence-electron chi connectivity index (χ0n) is 14.7. The molecular formula is C18H25N2O5+. The number of nitrogens with one attached hydrogen (secondary N) is 2. The Labute approximate surface area is 147 Å². The number of hydrogen-bond acceptors (Lipinski definition) is 5. The van der Waals surface area contributed by atoms with Crippen molar-refractivity contribution >= 4 is 23.5 Å². The van der Waals surface area contributed by atoms with Gasteiger partial charge in [-0.05, 0) is 44.0 Å². The summed E-state index contributed by atoms with van der Waals surface area (Å²) in [6.45, 7) is 3.96. The number of amides is 1. The lowest BCUT2D eigenvalue weighted by molar-refractivity contribution is -0.899. The van der Waals surface area contributed by atoms with E-state index >= 15 is 0 Å². The van der Waals surface area contributed by atoms with Crippen molar-refractivity contribution in [2.24, 2.45) is 5.92 Å². The van der Waals surface area contributed by atoms with Gasteiger partial charge in [-0.2, -0.15) is 0 Å². The van der Waals surface area contributed by atoms with Crippen LogP contribution >= 0.6 is 0 Å². The molecule has 1 aliphatic rings. The number of hydrogen-bond donors (Lipinski definition) is 2. The fourth-order valence-corrected chi connectivity index (χ4v) is 3.01. The molecule has 1 unspecified atom stereocenters. The van der Waals surface area contributed by atoms with E-state index in [1.54, 1.807) is 31.2 Å². The van der Waals surface area contributed by atoms with Crippen LogP contribution in [0.4, 0.5) is 5.69 Å². The van der Waals surface area contributed by atoms with Crippen molar-refractivity contribution in [1.82, 2.24) is 0 Å². The molecule has 0 bridgehead atoms. The molecule has 2 atom stereocenters. The molecule has 2 rings (SSSR count). The van der Waals surface area contributed by atoms with Crippen molar-refractivity contribution in [3.05, 3.63) is 29.8 Å². The highest BCUT2D eigenvalue weighted by atomic mass is 16.5. The van der Waals surface area contributed by atoms with E-state index in [-0.39, 0.29) is 17.8 Å². The van der Waals surface area contributed by atoms with Gasteiger partial charge in [0.05, 0.1) is 32.4 Å². The molecule has 1 heterocycles. The summed E-state index contributed by atoms with van der Waals surface area (Å²) < 4.78 is 9.72. The smallest absolute Gasteiger partial charge is 0.337 e. The quantitative estimate of drug-likeness (QED) is 0.720. The molecule has 0 aromatic heterocycles. The topological polar surface area (TPSA) is 86.1 Å². The summed E-state index contributed by atoms with van der Waals surface area (Å²) in [6.07, 6.45) is 1.72. The van der Waals surface area contributed by atoms with Crippen LogP contribution in [0.15, 0.2) is 24.3 Å². The zero-order valence-corrected chi connectivity index (χ0v) is 14.7. The number of esters is 2. The van der Waals surface area contributed by atoms with Gasteiger partial charge in [-0.15, -0.1) is 0 Å². The van der Waals surface area contributed by atoms with Gasteiger partial charge < -0.3 is 19.7 Å². The van der Waals surface area contributed by atoms with Crippen LogP contribution in [0.5, 0.6) is 0 Å². The second-order valence-corrected chi connectivity index (χ2v) is 6.09. The molecule has 1 aromatic carbocycles. The minimum Gasteiger partial charge on any atom is -0.466 e. The number of methoxy groups -OCH3 is 1. The third-order valence-corrected chi connectivity index (χ3v) is 4.24. The highest BCUT2D eigenvalue weighted by Crippen LogP contribution is 2.11. The molecule has 136 valence electrons. The fraction of sp³-hybridized carbons (Fsp3) is 0.500. The number of piperidine rings is 1. The maximum Gasteiger partial charge on any atom is 0.337 e. The summed E-state index contributed by atoms with van der Waals surface area (Å²) in [4.78, 5) is 36.5. The van der Waals surface area contributed by atoms with E-state index in [0.717, 1.165) is 24.3 Å². The maximum absolute atomic E-state index is 12.2. The number of quaternary nitrogens is 1. The summed E-state index contributed by atoms with van der Waals surface area (Å²) in [7, 11) is 1.32. The molecule has 7 heteroatoms. The molecular weight excluding hydrogens is 324 g/mol. The highest BCUT2D eigenvalue weighted by molar-refractivity contribution is 5.93. The number of benzene rings is 1. The Morgan fingerprint density at radius 3 is 2.60 bits per heavy atom. The molecule has 25 heavy (non-hydrogen) atoms. The van der Waals surface area contributed by atoms with Gasteiger partial charge in [-0.1, -0.05) is 0 Å². The largest absolute Gasteiger partial charge is 0.466 e. The summed E-state index contributed by atoms with van der Waals surface area (Å²) in [5.74, 6) is -0.833. The average molecular weight is 349 g/mol. The molecule has 1 aliphatic heterocycles. The Hall–Kier alpha value is -2.41. The summed E-state index contributed by atoms with van der Waals surface area (Å²) in [6, 6.07) is 6.53. The van der Waals surface area contributed by atoms with E-state index < -0.39 is 5.97 Å². The molecule has 1 aromatic rings. The predicted octanol–water partition coefficient (Wildman–Crippen LogP) is 0.270. The average Bonchev–Trinajstić information content (AvgIpc) is 2.62. The second-order valence-electron chi connectivity index (χ2n) is 6.09. The van der Waals surface area contributed by atoms with Gasteiger partial charge in [0.25, 0.3) is 5.91 Å². The molecule has 0 spiro atoms. The number of likely N-dealkylation sites (tertiary alicyclic amines) is 1. The summed E-state index contributed by atoms with van der Waals surface area (Å²) in [5.41, 5.74) is 1.05. The van der Waals surface area contributed by atoms with Gasteiger partial charge >= 0.3 is 11.9 Å². The molecule has 1 amide bonds. The molecule has 0 aliphatic carbocycles. The summed E-state index contributed by atoms with van der Waals surface area (Å²) >= 11 is 0. The second kappa shape index (κ2) is 9.17. The van der Waals surface area contributed by atoms with E-state index in [1.807, 2.05) is 0 Å². The normalized spacial score (nSPS) is 19.8. The Kier molecular flexibility index (Phi) is 6.94. The lowest BCUT2D eigenvalue weighted by Crippen LogP contribution is -3.14. The van der Waals surface area contributed by atoms with Crippen molar-refractivity contribution in [2.75, 3.05) is 38.7 Å². The first-order valence-corrected chi connectivity index (χ1v) is 8.52. The molecule has 7 nitrogen and oxygen atoms in total. The van der Waals surface area contributed by atoms with Crippen LogP contribution in [0.25, 0.3) is 0 Å². The standard InChI is InChI=1S/C18H24N2O5/c1-3-25-18(23)14-5-4-10-20(11-14)12-16(21)19-15-8-6-13(7-9-15)17(22)24-2/h6-9,14H,3-5,10-12H2,1-2H3,(H,19,21)/p+1/t14-/m0/s1. The van der Waals surface area contributed by atoms with Crippen LogP contribution in [0.1, 0.15) is 30.1 Å². The van der Waals surface area contributed by atoms with Crippen molar-refractivity contribution in [1.29, 1.82) is 0 Å². The molecule has 1 fully saturated rings. The lowest BCUT2D eigenvalue weighted by atomic mass is 9.98. The fourth-order valence-electron chi connectivity index (χ4n) is 3.01. The summed E-state index contributed by atoms with van der Waals surface area (Å²) in [5, 5.41) is 2.81. The van der Waals surface area contributed by atoms with Crippen molar-refractivity contribution in [2.45, 2.75) is 19.8 Å². The monoisotopic (exact) mass is 349 g/mol. The Balaban J connectivity index is 1.85. The molecule has 0 radical (unpaired) electrons. The zero-order chi connectivity index (χ0) is 18.2. The number of carbonyl (C=O) groups excluding carboxylic acids is 3. The van der Waals surface area contributed by atoms with E-state index in [4.69, 9.17) is 4.74 Å². The van der Waals surface area contributed by atoms with Crippen LogP contribution < -0.4 is 10.2 Å². The van der Waals surface area contributed by atoms with Crippen LogP contribution in [0.3, 0.4) is 0 Å². The Morgan fingerprint density at radius 2 is 1.96 bits per heavy atom. The van der Waals surface area contributed by atoms with Crippen LogP contribution in [-0.4, -0.2) is 51.2 Å². The van der Waals surface area contributed by atoms with Gasteiger partial charge in [-0.25, -0.2) is 4.79 Å². The number of carbonyl (C=O) groups is 3. The van der Waals surface area contributed by atoms with Crippen LogP contribution in [0.2, 0.25) is 0 Å².